The molecule has 37 heavy (non-hydrogen) atoms. The highest BCUT2D eigenvalue weighted by Gasteiger charge is 2.32. The van der Waals surface area contributed by atoms with Crippen LogP contribution in [0.5, 0.6) is 0 Å². The van der Waals surface area contributed by atoms with E-state index in [1.807, 2.05) is 52.0 Å². The van der Waals surface area contributed by atoms with Crippen LogP contribution in [0.1, 0.15) is 37.5 Å². The first kappa shape index (κ1) is 27.9. The van der Waals surface area contributed by atoms with E-state index in [2.05, 4.69) is 5.32 Å². The summed E-state index contributed by atoms with van der Waals surface area (Å²) in [6.45, 7) is 8.95. The van der Waals surface area contributed by atoms with Gasteiger partial charge in [0.1, 0.15) is 12.6 Å². The van der Waals surface area contributed by atoms with Gasteiger partial charge in [-0.1, -0.05) is 65.7 Å². The zero-order valence-corrected chi connectivity index (χ0v) is 22.8. The average molecular weight is 522 g/mol. The molecule has 196 valence electrons. The summed E-state index contributed by atoms with van der Waals surface area (Å²) in [4.78, 5) is 28.3. The third kappa shape index (κ3) is 7.20. The lowest BCUT2D eigenvalue weighted by Crippen LogP contribution is -2.52. The molecule has 1 N–H and O–H groups in total. The van der Waals surface area contributed by atoms with Crippen LogP contribution in [-0.4, -0.2) is 43.8 Å². The second kappa shape index (κ2) is 12.1. The van der Waals surface area contributed by atoms with Gasteiger partial charge in [0, 0.05) is 12.6 Å². The van der Waals surface area contributed by atoms with Crippen LogP contribution in [-0.2, 0) is 26.2 Å². The van der Waals surface area contributed by atoms with Crippen LogP contribution in [0.4, 0.5) is 5.69 Å². The molecule has 0 saturated heterocycles. The van der Waals surface area contributed by atoms with E-state index in [4.69, 9.17) is 0 Å². The van der Waals surface area contributed by atoms with Crippen molar-refractivity contribution in [1.82, 2.24) is 10.2 Å². The quantitative estimate of drug-likeness (QED) is 0.427. The number of nitrogens with one attached hydrogen (secondary N) is 1. The van der Waals surface area contributed by atoms with Crippen LogP contribution >= 0.6 is 0 Å². The third-order valence-electron chi connectivity index (χ3n) is 6.00. The molecule has 3 rings (SSSR count). The number of hydrogen-bond donors (Lipinski definition) is 1. The van der Waals surface area contributed by atoms with E-state index in [0.29, 0.717) is 5.69 Å². The number of sulfonamides is 1. The second-order valence-corrected chi connectivity index (χ2v) is 11.4. The number of benzene rings is 3. The number of rotatable bonds is 10. The van der Waals surface area contributed by atoms with E-state index in [0.717, 1.165) is 21.0 Å². The first-order chi connectivity index (χ1) is 17.5. The van der Waals surface area contributed by atoms with Gasteiger partial charge >= 0.3 is 0 Å². The fraction of sp³-hybridized carbons (Fsp3) is 0.310. The normalized spacial score (nSPS) is 12.2. The fourth-order valence-corrected chi connectivity index (χ4v) is 5.27. The van der Waals surface area contributed by atoms with Crippen LogP contribution in [0.15, 0.2) is 83.8 Å². The number of anilines is 1. The van der Waals surface area contributed by atoms with Crippen molar-refractivity contribution in [3.05, 3.63) is 95.6 Å². The summed E-state index contributed by atoms with van der Waals surface area (Å²) < 4.78 is 28.5. The second-order valence-electron chi connectivity index (χ2n) is 9.51. The van der Waals surface area contributed by atoms with Crippen LogP contribution in [0.2, 0.25) is 0 Å². The van der Waals surface area contributed by atoms with E-state index in [1.54, 1.807) is 49.4 Å². The Morgan fingerprint density at radius 2 is 1.35 bits per heavy atom. The maximum atomic E-state index is 13.8. The molecule has 0 aliphatic carbocycles. The smallest absolute Gasteiger partial charge is 0.264 e. The number of carbonyl (C=O) groups is 2. The molecule has 1 atom stereocenters. The molecule has 0 spiro atoms. The summed E-state index contributed by atoms with van der Waals surface area (Å²) in [5.41, 5.74) is 3.26. The van der Waals surface area contributed by atoms with Crippen molar-refractivity contribution in [1.29, 1.82) is 0 Å². The highest BCUT2D eigenvalue weighted by molar-refractivity contribution is 7.92. The van der Waals surface area contributed by atoms with E-state index in [1.165, 1.54) is 17.0 Å². The Labute approximate surface area is 220 Å². The first-order valence-corrected chi connectivity index (χ1v) is 13.7. The van der Waals surface area contributed by atoms with Crippen molar-refractivity contribution in [3.8, 4) is 0 Å². The van der Waals surface area contributed by atoms with Crippen molar-refractivity contribution in [2.75, 3.05) is 10.8 Å². The van der Waals surface area contributed by atoms with Crippen molar-refractivity contribution in [2.45, 2.75) is 58.1 Å². The van der Waals surface area contributed by atoms with E-state index < -0.39 is 28.5 Å². The molecule has 0 heterocycles. The number of carbonyl (C=O) groups excluding carboxylic acids is 2. The van der Waals surface area contributed by atoms with Gasteiger partial charge in [-0.25, -0.2) is 8.42 Å². The highest BCUT2D eigenvalue weighted by atomic mass is 32.2. The van der Waals surface area contributed by atoms with Crippen LogP contribution in [0, 0.1) is 13.8 Å². The Bertz CT molecular complexity index is 1310. The van der Waals surface area contributed by atoms with E-state index in [-0.39, 0.29) is 23.4 Å². The standard InChI is InChI=1S/C29H35N3O4S/c1-21(2)30-29(34)24(5)31(19-25-15-11-22(3)12-16-25)28(33)20-32(26-17-13-23(4)14-18-26)37(35,36)27-9-7-6-8-10-27/h6-18,21,24H,19-20H2,1-5H3,(H,30,34)/t24-/m1/s1. The minimum Gasteiger partial charge on any atom is -0.352 e. The Kier molecular flexibility index (Phi) is 9.10. The van der Waals surface area contributed by atoms with Crippen LogP contribution in [0.3, 0.4) is 0 Å². The van der Waals surface area contributed by atoms with Crippen LogP contribution in [0.25, 0.3) is 0 Å². The predicted molar refractivity (Wildman–Crippen MR) is 147 cm³/mol. The minimum absolute atomic E-state index is 0.0825. The molecule has 3 aromatic carbocycles. The fourth-order valence-electron chi connectivity index (χ4n) is 3.84. The van der Waals surface area contributed by atoms with Crippen molar-refractivity contribution in [2.24, 2.45) is 0 Å². The molecule has 0 unspecified atom stereocenters. The molecular weight excluding hydrogens is 486 g/mol. The minimum atomic E-state index is -4.05. The molecular formula is C29H35N3O4S. The van der Waals surface area contributed by atoms with Crippen LogP contribution < -0.4 is 9.62 Å². The molecule has 0 aliphatic heterocycles. The topological polar surface area (TPSA) is 86.8 Å². The zero-order valence-electron chi connectivity index (χ0n) is 22.0. The maximum Gasteiger partial charge on any atom is 0.264 e. The van der Waals surface area contributed by atoms with Gasteiger partial charge in [0.15, 0.2) is 0 Å². The Morgan fingerprint density at radius 3 is 1.89 bits per heavy atom. The third-order valence-corrected chi connectivity index (χ3v) is 7.79. The SMILES string of the molecule is Cc1ccc(CN(C(=O)CN(c2ccc(C)cc2)S(=O)(=O)c2ccccc2)[C@H](C)C(=O)NC(C)C)cc1. The van der Waals surface area contributed by atoms with Gasteiger partial charge in [-0.05, 0) is 64.4 Å². The summed E-state index contributed by atoms with van der Waals surface area (Å²) in [5, 5.41) is 2.86. The van der Waals surface area contributed by atoms with Gasteiger partial charge in [-0.15, -0.1) is 0 Å². The molecule has 0 radical (unpaired) electrons. The molecule has 0 aliphatic rings. The van der Waals surface area contributed by atoms with Crippen molar-refractivity contribution < 1.29 is 18.0 Å². The number of hydrogen-bond acceptors (Lipinski definition) is 4. The lowest BCUT2D eigenvalue weighted by atomic mass is 10.1. The van der Waals surface area contributed by atoms with Crippen molar-refractivity contribution in [3.63, 3.8) is 0 Å². The predicted octanol–water partition coefficient (Wildman–Crippen LogP) is 4.44. The summed E-state index contributed by atoms with van der Waals surface area (Å²) in [6, 6.07) is 21.8. The van der Waals surface area contributed by atoms with Gasteiger partial charge in [0.25, 0.3) is 10.0 Å². The molecule has 8 heteroatoms. The zero-order chi connectivity index (χ0) is 27.2. The Morgan fingerprint density at radius 1 is 0.811 bits per heavy atom. The number of amides is 2. The Hall–Kier alpha value is -3.65. The number of nitrogens with zero attached hydrogens (tertiary/aromatic N) is 2. The number of aryl methyl sites for hydroxylation is 2. The lowest BCUT2D eigenvalue weighted by Gasteiger charge is -2.32. The first-order valence-electron chi connectivity index (χ1n) is 12.3. The van der Waals surface area contributed by atoms with Crippen molar-refractivity contribution >= 4 is 27.5 Å². The highest BCUT2D eigenvalue weighted by Crippen LogP contribution is 2.25. The van der Waals surface area contributed by atoms with Gasteiger partial charge in [-0.2, -0.15) is 0 Å². The summed E-state index contributed by atoms with van der Waals surface area (Å²) >= 11 is 0. The molecule has 0 fully saturated rings. The molecule has 0 bridgehead atoms. The Balaban J connectivity index is 2.00. The largest absolute Gasteiger partial charge is 0.352 e. The molecule has 3 aromatic rings. The van der Waals surface area contributed by atoms with Gasteiger partial charge in [0.2, 0.25) is 11.8 Å². The lowest BCUT2D eigenvalue weighted by molar-refractivity contribution is -0.139. The summed E-state index contributed by atoms with van der Waals surface area (Å²) in [7, 11) is -4.05. The average Bonchev–Trinajstić information content (AvgIpc) is 2.87. The van der Waals surface area contributed by atoms with Gasteiger partial charge in [-0.3, -0.25) is 13.9 Å². The summed E-state index contributed by atoms with van der Waals surface area (Å²) in [5.74, 6) is -0.782. The molecule has 0 saturated carbocycles. The maximum absolute atomic E-state index is 13.8. The molecule has 0 aromatic heterocycles. The molecule has 7 nitrogen and oxygen atoms in total. The molecule has 2 amide bonds. The van der Waals surface area contributed by atoms with Gasteiger partial charge < -0.3 is 10.2 Å². The summed E-state index contributed by atoms with van der Waals surface area (Å²) in [6.07, 6.45) is 0. The monoisotopic (exact) mass is 521 g/mol. The van der Waals surface area contributed by atoms with E-state index >= 15 is 0 Å². The van der Waals surface area contributed by atoms with E-state index in [9.17, 15) is 18.0 Å². The van der Waals surface area contributed by atoms with Gasteiger partial charge in [0.05, 0.1) is 10.6 Å².